The fourth-order valence-corrected chi connectivity index (χ4v) is 2.55. The molecule has 126 valence electrons. The number of hydrogen-bond donors (Lipinski definition) is 0. The van der Waals surface area contributed by atoms with Gasteiger partial charge in [-0.15, -0.1) is 0 Å². The summed E-state index contributed by atoms with van der Waals surface area (Å²) in [5.41, 5.74) is -9.57. The van der Waals surface area contributed by atoms with Gasteiger partial charge in [0, 0.05) is 5.56 Å². The van der Waals surface area contributed by atoms with Crippen molar-refractivity contribution in [3.63, 3.8) is 0 Å². The standard InChI is InChI=1S/C15H3F9/c16-5-3-1-2-4(8(5)17)15(24)7-6(10(19)14(15)23)9(18)12(21)13(22)11(7)20/h1-3H. The average Bonchev–Trinajstić information content (AvgIpc) is 2.75. The zero-order chi connectivity index (χ0) is 18.0. The minimum absolute atomic E-state index is 0.430. The van der Waals surface area contributed by atoms with E-state index >= 15 is 4.39 Å². The summed E-state index contributed by atoms with van der Waals surface area (Å²) in [6, 6.07) is 1.61. The third-order valence-electron chi connectivity index (χ3n) is 3.65. The highest BCUT2D eigenvalue weighted by Gasteiger charge is 2.55. The molecule has 0 aliphatic heterocycles. The molecule has 0 N–H and O–H groups in total. The average molecular weight is 354 g/mol. The number of allylic oxidation sites excluding steroid dienone is 1. The topological polar surface area (TPSA) is 0 Å². The van der Waals surface area contributed by atoms with Crippen molar-refractivity contribution in [2.45, 2.75) is 5.67 Å². The molecule has 0 spiro atoms. The van der Waals surface area contributed by atoms with E-state index in [1.54, 1.807) is 0 Å². The lowest BCUT2D eigenvalue weighted by atomic mass is 9.88. The van der Waals surface area contributed by atoms with Gasteiger partial charge >= 0.3 is 0 Å². The van der Waals surface area contributed by atoms with Gasteiger partial charge in [-0.2, -0.15) is 0 Å². The summed E-state index contributed by atoms with van der Waals surface area (Å²) in [5, 5.41) is 0. The molecule has 0 radical (unpaired) electrons. The van der Waals surface area contributed by atoms with Gasteiger partial charge in [0.25, 0.3) is 0 Å². The summed E-state index contributed by atoms with van der Waals surface area (Å²) in [4.78, 5) is 0. The molecule has 2 aromatic carbocycles. The minimum Gasteiger partial charge on any atom is -0.225 e. The maximum absolute atomic E-state index is 15.1. The molecular formula is C15H3F9. The predicted octanol–water partition coefficient (Wildman–Crippen LogP) is 5.36. The van der Waals surface area contributed by atoms with E-state index in [4.69, 9.17) is 0 Å². The molecule has 3 rings (SSSR count). The highest BCUT2D eigenvalue weighted by molar-refractivity contribution is 5.77. The lowest BCUT2D eigenvalue weighted by molar-refractivity contribution is 0.214. The molecule has 0 aromatic heterocycles. The normalized spacial score (nSPS) is 19.9. The Morgan fingerprint density at radius 1 is 0.667 bits per heavy atom. The van der Waals surface area contributed by atoms with Crippen LogP contribution in [0.1, 0.15) is 16.7 Å². The molecule has 0 saturated carbocycles. The van der Waals surface area contributed by atoms with Gasteiger partial charge in [-0.3, -0.25) is 0 Å². The van der Waals surface area contributed by atoms with Crippen molar-refractivity contribution in [2.75, 3.05) is 0 Å². The summed E-state index contributed by atoms with van der Waals surface area (Å²) >= 11 is 0. The van der Waals surface area contributed by atoms with Crippen LogP contribution in [0.25, 0.3) is 5.83 Å². The van der Waals surface area contributed by atoms with Crippen LogP contribution in [-0.4, -0.2) is 0 Å². The van der Waals surface area contributed by atoms with Crippen LogP contribution >= 0.6 is 0 Å². The largest absolute Gasteiger partial charge is 0.225 e. The lowest BCUT2D eigenvalue weighted by Gasteiger charge is -2.22. The second kappa shape index (κ2) is 5.02. The molecule has 9 heteroatoms. The number of benzene rings is 2. The second-order valence-electron chi connectivity index (χ2n) is 4.89. The zero-order valence-electron chi connectivity index (χ0n) is 11.1. The van der Waals surface area contributed by atoms with Gasteiger partial charge in [-0.05, 0) is 6.07 Å². The van der Waals surface area contributed by atoms with Crippen molar-refractivity contribution in [3.05, 3.63) is 75.6 Å². The van der Waals surface area contributed by atoms with E-state index in [1.165, 1.54) is 0 Å². The van der Waals surface area contributed by atoms with Crippen molar-refractivity contribution in [3.8, 4) is 0 Å². The minimum atomic E-state index is -4.20. The van der Waals surface area contributed by atoms with Crippen LogP contribution in [0, 0.1) is 34.9 Å². The molecule has 1 aliphatic carbocycles. The number of rotatable bonds is 1. The first kappa shape index (κ1) is 16.4. The second-order valence-corrected chi connectivity index (χ2v) is 4.89. The molecule has 24 heavy (non-hydrogen) atoms. The Hall–Kier alpha value is -2.45. The van der Waals surface area contributed by atoms with E-state index in [2.05, 4.69) is 0 Å². The molecule has 0 amide bonds. The lowest BCUT2D eigenvalue weighted by Crippen LogP contribution is -2.25. The molecule has 1 atom stereocenters. The Labute approximate surface area is 127 Å². The van der Waals surface area contributed by atoms with Gasteiger partial charge in [0.1, 0.15) is 0 Å². The van der Waals surface area contributed by atoms with Gasteiger partial charge in [-0.25, -0.2) is 39.5 Å². The highest BCUT2D eigenvalue weighted by Crippen LogP contribution is 2.55. The molecular weight excluding hydrogens is 351 g/mol. The summed E-state index contributed by atoms with van der Waals surface area (Å²) in [6.45, 7) is 0. The van der Waals surface area contributed by atoms with E-state index in [1.807, 2.05) is 0 Å². The Bertz CT molecular complexity index is 916. The van der Waals surface area contributed by atoms with E-state index in [0.29, 0.717) is 18.2 Å². The fraction of sp³-hybridized carbons (Fsp3) is 0.0667. The van der Waals surface area contributed by atoms with Crippen molar-refractivity contribution in [1.29, 1.82) is 0 Å². The van der Waals surface area contributed by atoms with E-state index < -0.39 is 68.9 Å². The van der Waals surface area contributed by atoms with Crippen molar-refractivity contribution in [1.82, 2.24) is 0 Å². The number of hydrogen-bond acceptors (Lipinski definition) is 0. The fourth-order valence-electron chi connectivity index (χ4n) is 2.55. The number of fused-ring (bicyclic) bond motifs is 1. The van der Waals surface area contributed by atoms with Gasteiger partial charge in [-0.1, -0.05) is 12.1 Å². The molecule has 2 aromatic rings. The van der Waals surface area contributed by atoms with Gasteiger partial charge in [0.15, 0.2) is 46.6 Å². The van der Waals surface area contributed by atoms with E-state index in [0.717, 1.165) is 0 Å². The van der Waals surface area contributed by atoms with Gasteiger partial charge in [0.2, 0.25) is 5.67 Å². The third kappa shape index (κ3) is 1.78. The Morgan fingerprint density at radius 3 is 1.88 bits per heavy atom. The van der Waals surface area contributed by atoms with Gasteiger partial charge in [0.05, 0.1) is 11.1 Å². The summed E-state index contributed by atoms with van der Waals surface area (Å²) < 4.78 is 124. The molecule has 0 fully saturated rings. The van der Waals surface area contributed by atoms with Crippen LogP contribution in [0.2, 0.25) is 0 Å². The highest BCUT2D eigenvalue weighted by atomic mass is 19.2. The molecule has 0 bridgehead atoms. The zero-order valence-corrected chi connectivity index (χ0v) is 11.1. The summed E-state index contributed by atoms with van der Waals surface area (Å²) in [6.07, 6.45) is 0. The first-order valence-corrected chi connectivity index (χ1v) is 6.19. The quantitative estimate of drug-likeness (QED) is 0.368. The maximum atomic E-state index is 15.1. The van der Waals surface area contributed by atoms with Crippen LogP contribution in [0.3, 0.4) is 0 Å². The smallest absolute Gasteiger partial charge is 0.221 e. The molecule has 1 aliphatic rings. The maximum Gasteiger partial charge on any atom is 0.221 e. The van der Waals surface area contributed by atoms with Crippen LogP contribution in [0.15, 0.2) is 24.0 Å². The molecule has 1 unspecified atom stereocenters. The summed E-state index contributed by atoms with van der Waals surface area (Å²) in [5.74, 6) is -18.6. The first-order valence-electron chi connectivity index (χ1n) is 6.19. The molecule has 0 saturated heterocycles. The first-order chi connectivity index (χ1) is 11.1. The van der Waals surface area contributed by atoms with Crippen molar-refractivity contribution in [2.24, 2.45) is 0 Å². The predicted molar refractivity (Wildman–Crippen MR) is 63.7 cm³/mol. The monoisotopic (exact) mass is 354 g/mol. The Kier molecular flexibility index (Phi) is 3.43. The molecule has 0 nitrogen and oxygen atoms in total. The number of halogens is 9. The Balaban J connectivity index is 2.49. The van der Waals surface area contributed by atoms with E-state index in [-0.39, 0.29) is 0 Å². The summed E-state index contributed by atoms with van der Waals surface area (Å²) in [7, 11) is 0. The van der Waals surface area contributed by atoms with Gasteiger partial charge < -0.3 is 0 Å². The van der Waals surface area contributed by atoms with Crippen LogP contribution in [0.5, 0.6) is 0 Å². The van der Waals surface area contributed by atoms with Crippen molar-refractivity contribution >= 4 is 5.83 Å². The third-order valence-corrected chi connectivity index (χ3v) is 3.65. The van der Waals surface area contributed by atoms with E-state index in [9.17, 15) is 35.1 Å². The van der Waals surface area contributed by atoms with Crippen molar-refractivity contribution < 1.29 is 39.5 Å². The SMILES string of the molecule is FC1=C(F)C(F)(c2cccc(F)c2F)c2c(F)c(F)c(F)c(F)c21. The van der Waals surface area contributed by atoms with Crippen LogP contribution in [-0.2, 0) is 5.67 Å². The Morgan fingerprint density at radius 2 is 1.25 bits per heavy atom. The number of alkyl halides is 1. The van der Waals surface area contributed by atoms with Crippen LogP contribution in [0.4, 0.5) is 39.5 Å². The molecule has 0 heterocycles. The van der Waals surface area contributed by atoms with Crippen LogP contribution < -0.4 is 0 Å².